The maximum Gasteiger partial charge on any atom is 0.416 e. The Hall–Kier alpha value is -3.35. The van der Waals surface area contributed by atoms with Gasteiger partial charge in [-0.25, -0.2) is 0 Å². The van der Waals surface area contributed by atoms with Crippen LogP contribution < -0.4 is 5.56 Å². The molecule has 2 aromatic carbocycles. The highest BCUT2D eigenvalue weighted by Gasteiger charge is 2.32. The van der Waals surface area contributed by atoms with Gasteiger partial charge in [0.15, 0.2) is 0 Å². The number of benzene rings is 2. The van der Waals surface area contributed by atoms with Crippen LogP contribution in [0.4, 0.5) is 13.2 Å². The Labute approximate surface area is 151 Å². The quantitative estimate of drug-likeness (QED) is 0.580. The second kappa shape index (κ2) is 6.42. The molecule has 0 spiro atoms. The molecule has 0 amide bonds. The number of aromatic nitrogens is 3. The molecule has 0 aliphatic heterocycles. The largest absolute Gasteiger partial charge is 0.416 e. The zero-order valence-electron chi connectivity index (χ0n) is 14.0. The standard InChI is InChI=1S/C20H14F3N3O/c21-20(22,23)17-4-2-1-3-16(17)12-26-11-15(7-8-19(26)27)13-5-6-14-10-24-25-18(14)9-13/h1-11H,12H2,(H,24,25). The summed E-state index contributed by atoms with van der Waals surface area (Å²) in [7, 11) is 0. The predicted octanol–water partition coefficient (Wildman–Crippen LogP) is 4.46. The van der Waals surface area contributed by atoms with E-state index in [4.69, 9.17) is 0 Å². The van der Waals surface area contributed by atoms with Crippen LogP contribution in [0.5, 0.6) is 0 Å². The van der Waals surface area contributed by atoms with Gasteiger partial charge in [-0.05, 0) is 34.9 Å². The first-order chi connectivity index (χ1) is 12.9. The second-order valence-corrected chi connectivity index (χ2v) is 6.21. The van der Waals surface area contributed by atoms with Crippen LogP contribution in [0.1, 0.15) is 11.1 Å². The summed E-state index contributed by atoms with van der Waals surface area (Å²) in [6, 6.07) is 14.0. The first kappa shape index (κ1) is 17.1. The number of hydrogen-bond donors (Lipinski definition) is 1. The third-order valence-corrected chi connectivity index (χ3v) is 4.42. The molecule has 136 valence electrons. The Morgan fingerprint density at radius 2 is 1.78 bits per heavy atom. The SMILES string of the molecule is O=c1ccc(-c2ccc3cn[nH]c3c2)cn1Cc1ccccc1C(F)(F)F. The lowest BCUT2D eigenvalue weighted by atomic mass is 10.1. The van der Waals surface area contributed by atoms with Gasteiger partial charge in [0.1, 0.15) is 0 Å². The molecular formula is C20H14F3N3O. The van der Waals surface area contributed by atoms with E-state index >= 15 is 0 Å². The zero-order chi connectivity index (χ0) is 19.0. The molecule has 0 atom stereocenters. The fraction of sp³-hybridized carbons (Fsp3) is 0.100. The number of aromatic amines is 1. The molecule has 4 nitrogen and oxygen atoms in total. The summed E-state index contributed by atoms with van der Waals surface area (Å²) in [5.41, 5.74) is 1.36. The Bertz CT molecular complexity index is 1170. The van der Waals surface area contributed by atoms with Crippen molar-refractivity contribution in [1.82, 2.24) is 14.8 Å². The Morgan fingerprint density at radius 1 is 1.00 bits per heavy atom. The summed E-state index contributed by atoms with van der Waals surface area (Å²) in [6.07, 6.45) is -1.19. The average Bonchev–Trinajstić information content (AvgIpc) is 3.11. The fourth-order valence-corrected chi connectivity index (χ4v) is 3.06. The lowest BCUT2D eigenvalue weighted by molar-refractivity contribution is -0.138. The number of nitrogens with one attached hydrogen (secondary N) is 1. The van der Waals surface area contributed by atoms with Crippen molar-refractivity contribution in [2.45, 2.75) is 12.7 Å². The minimum Gasteiger partial charge on any atom is -0.310 e. The molecule has 0 saturated carbocycles. The number of hydrogen-bond acceptors (Lipinski definition) is 2. The van der Waals surface area contributed by atoms with Gasteiger partial charge in [-0.1, -0.05) is 30.3 Å². The van der Waals surface area contributed by atoms with E-state index in [1.807, 2.05) is 18.2 Å². The van der Waals surface area contributed by atoms with Crippen LogP contribution in [0, 0.1) is 0 Å². The van der Waals surface area contributed by atoms with E-state index in [0.717, 1.165) is 28.1 Å². The van der Waals surface area contributed by atoms with E-state index < -0.39 is 11.7 Å². The summed E-state index contributed by atoms with van der Waals surface area (Å²) < 4.78 is 40.9. The van der Waals surface area contributed by atoms with Crippen LogP contribution in [0.2, 0.25) is 0 Å². The molecule has 27 heavy (non-hydrogen) atoms. The molecule has 0 fully saturated rings. The smallest absolute Gasteiger partial charge is 0.310 e. The van der Waals surface area contributed by atoms with Crippen molar-refractivity contribution in [3.63, 3.8) is 0 Å². The molecule has 4 aromatic rings. The number of fused-ring (bicyclic) bond motifs is 1. The maximum atomic E-state index is 13.2. The van der Waals surface area contributed by atoms with Gasteiger partial charge in [0.25, 0.3) is 5.56 Å². The number of halogens is 3. The Morgan fingerprint density at radius 3 is 2.59 bits per heavy atom. The van der Waals surface area contributed by atoms with Gasteiger partial charge in [0.2, 0.25) is 0 Å². The molecule has 0 bridgehead atoms. The zero-order valence-corrected chi connectivity index (χ0v) is 14.0. The van der Waals surface area contributed by atoms with Crippen LogP contribution in [-0.2, 0) is 12.7 Å². The second-order valence-electron chi connectivity index (χ2n) is 6.21. The summed E-state index contributed by atoms with van der Waals surface area (Å²) in [4.78, 5) is 12.2. The molecule has 0 radical (unpaired) electrons. The van der Waals surface area contributed by atoms with Gasteiger partial charge in [0.05, 0.1) is 23.8 Å². The first-order valence-corrected chi connectivity index (χ1v) is 8.21. The summed E-state index contributed by atoms with van der Waals surface area (Å²) >= 11 is 0. The molecule has 0 aliphatic rings. The van der Waals surface area contributed by atoms with Crippen molar-refractivity contribution >= 4 is 10.9 Å². The van der Waals surface area contributed by atoms with Crippen molar-refractivity contribution in [3.05, 3.63) is 88.5 Å². The summed E-state index contributed by atoms with van der Waals surface area (Å²) in [5.74, 6) is 0. The number of H-pyrrole nitrogens is 1. The molecular weight excluding hydrogens is 355 g/mol. The fourth-order valence-electron chi connectivity index (χ4n) is 3.06. The third kappa shape index (κ3) is 3.36. The van der Waals surface area contributed by atoms with Gasteiger partial charge in [-0.3, -0.25) is 9.89 Å². The number of nitrogens with zero attached hydrogens (tertiary/aromatic N) is 2. The lowest BCUT2D eigenvalue weighted by Crippen LogP contribution is -2.21. The maximum absolute atomic E-state index is 13.2. The van der Waals surface area contributed by atoms with Crippen LogP contribution in [0.3, 0.4) is 0 Å². The molecule has 1 N–H and O–H groups in total. The van der Waals surface area contributed by atoms with E-state index in [2.05, 4.69) is 10.2 Å². The normalized spacial score (nSPS) is 11.8. The highest BCUT2D eigenvalue weighted by Crippen LogP contribution is 2.32. The van der Waals surface area contributed by atoms with Crippen molar-refractivity contribution in [2.24, 2.45) is 0 Å². The van der Waals surface area contributed by atoms with E-state index in [-0.39, 0.29) is 17.7 Å². The van der Waals surface area contributed by atoms with E-state index in [1.165, 1.54) is 28.8 Å². The van der Waals surface area contributed by atoms with Crippen molar-refractivity contribution < 1.29 is 13.2 Å². The van der Waals surface area contributed by atoms with Crippen molar-refractivity contribution in [2.75, 3.05) is 0 Å². The Balaban J connectivity index is 1.75. The lowest BCUT2D eigenvalue weighted by Gasteiger charge is -2.14. The van der Waals surface area contributed by atoms with E-state index in [0.29, 0.717) is 0 Å². The number of rotatable bonds is 3. The first-order valence-electron chi connectivity index (χ1n) is 8.21. The highest BCUT2D eigenvalue weighted by atomic mass is 19.4. The molecule has 2 aromatic heterocycles. The number of pyridine rings is 1. The van der Waals surface area contributed by atoms with Gasteiger partial charge in [-0.15, -0.1) is 0 Å². The molecule has 0 unspecified atom stereocenters. The molecule has 2 heterocycles. The molecule has 0 aliphatic carbocycles. The molecule has 0 saturated heterocycles. The molecule has 4 rings (SSSR count). The monoisotopic (exact) mass is 369 g/mol. The van der Waals surface area contributed by atoms with Crippen LogP contribution in [0.25, 0.3) is 22.0 Å². The van der Waals surface area contributed by atoms with Crippen LogP contribution >= 0.6 is 0 Å². The van der Waals surface area contributed by atoms with Crippen molar-refractivity contribution in [3.8, 4) is 11.1 Å². The summed E-state index contributed by atoms with van der Waals surface area (Å²) in [6.45, 7) is -0.158. The third-order valence-electron chi connectivity index (χ3n) is 4.42. The minimum absolute atomic E-state index is 0.0493. The molecule has 7 heteroatoms. The summed E-state index contributed by atoms with van der Waals surface area (Å²) in [5, 5.41) is 7.80. The number of alkyl halides is 3. The van der Waals surface area contributed by atoms with E-state index in [9.17, 15) is 18.0 Å². The van der Waals surface area contributed by atoms with Gasteiger partial charge >= 0.3 is 6.18 Å². The average molecular weight is 369 g/mol. The van der Waals surface area contributed by atoms with Gasteiger partial charge in [-0.2, -0.15) is 18.3 Å². The highest BCUT2D eigenvalue weighted by molar-refractivity contribution is 5.83. The Kier molecular flexibility index (Phi) is 4.07. The van der Waals surface area contributed by atoms with Crippen molar-refractivity contribution in [1.29, 1.82) is 0 Å². The van der Waals surface area contributed by atoms with Crippen LogP contribution in [0.15, 0.2) is 71.8 Å². The van der Waals surface area contributed by atoms with Gasteiger partial charge < -0.3 is 4.57 Å². The topological polar surface area (TPSA) is 50.7 Å². The van der Waals surface area contributed by atoms with E-state index in [1.54, 1.807) is 18.5 Å². The van der Waals surface area contributed by atoms with Crippen LogP contribution in [-0.4, -0.2) is 14.8 Å². The van der Waals surface area contributed by atoms with Gasteiger partial charge in [0, 0.05) is 17.6 Å². The predicted molar refractivity (Wildman–Crippen MR) is 96.3 cm³/mol. The minimum atomic E-state index is -4.47.